The second-order valence-corrected chi connectivity index (χ2v) is 5.28. The summed E-state index contributed by atoms with van der Waals surface area (Å²) in [4.78, 5) is 22.8. The lowest BCUT2D eigenvalue weighted by Crippen LogP contribution is -2.45. The molecule has 0 aliphatic carbocycles. The van der Waals surface area contributed by atoms with Crippen LogP contribution in [0, 0.1) is 5.41 Å². The zero-order valence-electron chi connectivity index (χ0n) is 11.0. The molecular weight excluding hydrogens is 232 g/mol. The topological polar surface area (TPSA) is 101 Å². The van der Waals surface area contributed by atoms with Gasteiger partial charge in [-0.15, -0.1) is 0 Å². The predicted molar refractivity (Wildman–Crippen MR) is 69.2 cm³/mol. The molecule has 1 atom stereocenters. The first-order valence-corrected chi connectivity index (χ1v) is 5.91. The molecule has 4 N–H and O–H groups in total. The van der Waals surface area contributed by atoms with Crippen LogP contribution in [0.5, 0.6) is 0 Å². The van der Waals surface area contributed by atoms with E-state index in [0.717, 1.165) is 0 Å². The van der Waals surface area contributed by atoms with E-state index < -0.39 is 0 Å². The molecule has 0 radical (unpaired) electrons. The van der Waals surface area contributed by atoms with Crippen molar-refractivity contribution in [1.82, 2.24) is 15.5 Å². The van der Waals surface area contributed by atoms with Crippen molar-refractivity contribution < 1.29 is 4.79 Å². The normalized spacial score (nSPS) is 13.1. The van der Waals surface area contributed by atoms with Crippen LogP contribution in [0.25, 0.3) is 0 Å². The Morgan fingerprint density at radius 3 is 2.61 bits per heavy atom. The first-order valence-electron chi connectivity index (χ1n) is 5.91. The maximum Gasteiger partial charge on any atom is 0.271 e. The summed E-state index contributed by atoms with van der Waals surface area (Å²) in [5.41, 5.74) is 5.32. The Kier molecular flexibility index (Phi) is 4.61. The van der Waals surface area contributed by atoms with Gasteiger partial charge in [-0.25, -0.2) is 5.10 Å². The number of carbonyl (C=O) groups excluding carboxylic acids is 1. The highest BCUT2D eigenvalue weighted by Gasteiger charge is 2.26. The number of aromatic amines is 1. The van der Waals surface area contributed by atoms with E-state index in [9.17, 15) is 9.59 Å². The van der Waals surface area contributed by atoms with Gasteiger partial charge in [-0.3, -0.25) is 9.59 Å². The summed E-state index contributed by atoms with van der Waals surface area (Å²) in [6.07, 6.45) is 0.693. The van der Waals surface area contributed by atoms with Crippen LogP contribution in [0.2, 0.25) is 0 Å². The molecule has 1 amide bonds. The van der Waals surface area contributed by atoms with Gasteiger partial charge in [0.2, 0.25) is 0 Å². The van der Waals surface area contributed by atoms with Crippen LogP contribution < -0.4 is 16.6 Å². The van der Waals surface area contributed by atoms with Gasteiger partial charge in [-0.05, 0) is 24.4 Å². The number of carbonyl (C=O) groups is 1. The van der Waals surface area contributed by atoms with Gasteiger partial charge in [0.1, 0.15) is 5.69 Å². The van der Waals surface area contributed by atoms with Gasteiger partial charge in [0.15, 0.2) is 0 Å². The maximum atomic E-state index is 12.0. The predicted octanol–water partition coefficient (Wildman–Crippen LogP) is 0.263. The molecule has 1 aromatic rings. The van der Waals surface area contributed by atoms with Crippen molar-refractivity contribution >= 4 is 5.91 Å². The lowest BCUT2D eigenvalue weighted by atomic mass is 9.84. The Balaban J connectivity index is 2.78. The molecule has 0 saturated heterocycles. The molecule has 0 fully saturated rings. The number of nitrogens with one attached hydrogen (secondary N) is 2. The Morgan fingerprint density at radius 2 is 2.17 bits per heavy atom. The zero-order chi connectivity index (χ0) is 13.8. The van der Waals surface area contributed by atoms with Gasteiger partial charge >= 0.3 is 0 Å². The second-order valence-electron chi connectivity index (χ2n) is 5.28. The molecule has 0 spiro atoms. The third kappa shape index (κ3) is 3.96. The molecule has 1 unspecified atom stereocenters. The van der Waals surface area contributed by atoms with Crippen LogP contribution >= 0.6 is 0 Å². The fourth-order valence-electron chi connectivity index (χ4n) is 1.59. The Labute approximate surface area is 106 Å². The standard InChI is InChI=1S/C12H20N4O2/c1-12(2,3)9(6-7-13)14-11(18)8-4-5-10(17)16-15-8/h4-5,9H,6-7,13H2,1-3H3,(H,14,18)(H,16,17). The molecule has 0 aliphatic rings. The Bertz CT molecular complexity index is 441. The molecule has 0 aliphatic heterocycles. The SMILES string of the molecule is CC(C)(C)C(CCN)NC(=O)c1ccc(=O)[nH]n1. The van der Waals surface area contributed by atoms with Crippen LogP contribution in [0.3, 0.4) is 0 Å². The first-order chi connectivity index (χ1) is 8.34. The summed E-state index contributed by atoms with van der Waals surface area (Å²) in [6.45, 7) is 6.61. The van der Waals surface area contributed by atoms with E-state index in [1.807, 2.05) is 20.8 Å². The second kappa shape index (κ2) is 5.77. The molecule has 0 bridgehead atoms. The summed E-state index contributed by atoms with van der Waals surface area (Å²) in [6, 6.07) is 2.64. The van der Waals surface area contributed by atoms with E-state index >= 15 is 0 Å². The molecular formula is C12H20N4O2. The quantitative estimate of drug-likeness (QED) is 0.715. The van der Waals surface area contributed by atoms with Gasteiger partial charge < -0.3 is 11.1 Å². The van der Waals surface area contributed by atoms with Gasteiger partial charge in [0, 0.05) is 12.1 Å². The largest absolute Gasteiger partial charge is 0.347 e. The Hall–Kier alpha value is -1.69. The summed E-state index contributed by atoms with van der Waals surface area (Å²) in [5.74, 6) is -0.306. The summed E-state index contributed by atoms with van der Waals surface area (Å²) in [5, 5.41) is 8.82. The first kappa shape index (κ1) is 14.4. The van der Waals surface area contributed by atoms with Gasteiger partial charge in [-0.1, -0.05) is 20.8 Å². The zero-order valence-corrected chi connectivity index (χ0v) is 11.0. The van der Waals surface area contributed by atoms with Crippen LogP contribution in [-0.4, -0.2) is 28.7 Å². The smallest absolute Gasteiger partial charge is 0.271 e. The molecule has 0 saturated carbocycles. The van der Waals surface area contributed by atoms with Crippen molar-refractivity contribution in [3.63, 3.8) is 0 Å². The minimum Gasteiger partial charge on any atom is -0.347 e. The van der Waals surface area contributed by atoms with E-state index in [4.69, 9.17) is 5.73 Å². The van der Waals surface area contributed by atoms with Gasteiger partial charge in [-0.2, -0.15) is 5.10 Å². The van der Waals surface area contributed by atoms with E-state index in [2.05, 4.69) is 15.5 Å². The number of amides is 1. The van der Waals surface area contributed by atoms with Crippen molar-refractivity contribution in [1.29, 1.82) is 0 Å². The van der Waals surface area contributed by atoms with Crippen LogP contribution in [0.1, 0.15) is 37.7 Å². The van der Waals surface area contributed by atoms with Gasteiger partial charge in [0.05, 0.1) is 0 Å². The highest BCUT2D eigenvalue weighted by molar-refractivity contribution is 5.92. The van der Waals surface area contributed by atoms with Crippen molar-refractivity contribution in [3.8, 4) is 0 Å². The third-order valence-corrected chi connectivity index (χ3v) is 2.72. The molecule has 6 nitrogen and oxygen atoms in total. The number of nitrogens with zero attached hydrogens (tertiary/aromatic N) is 1. The lowest BCUT2D eigenvalue weighted by molar-refractivity contribution is 0.0892. The lowest BCUT2D eigenvalue weighted by Gasteiger charge is -2.31. The summed E-state index contributed by atoms with van der Waals surface area (Å²) >= 11 is 0. The van der Waals surface area contributed by atoms with Crippen molar-refractivity contribution in [2.75, 3.05) is 6.54 Å². The molecule has 1 heterocycles. The van der Waals surface area contributed by atoms with Crippen LogP contribution in [0.15, 0.2) is 16.9 Å². The highest BCUT2D eigenvalue weighted by Crippen LogP contribution is 2.21. The number of aromatic nitrogens is 2. The van der Waals surface area contributed by atoms with Gasteiger partial charge in [0.25, 0.3) is 11.5 Å². The molecule has 6 heteroatoms. The molecule has 18 heavy (non-hydrogen) atoms. The maximum absolute atomic E-state index is 12.0. The van der Waals surface area contributed by atoms with E-state index in [0.29, 0.717) is 13.0 Å². The van der Waals surface area contributed by atoms with E-state index in [1.165, 1.54) is 12.1 Å². The third-order valence-electron chi connectivity index (χ3n) is 2.72. The molecule has 1 rings (SSSR count). The summed E-state index contributed by atoms with van der Waals surface area (Å²) in [7, 11) is 0. The van der Waals surface area contributed by atoms with Crippen molar-refractivity contribution in [2.24, 2.45) is 11.1 Å². The van der Waals surface area contributed by atoms with Crippen LogP contribution in [-0.2, 0) is 0 Å². The number of nitrogens with two attached hydrogens (primary N) is 1. The number of H-pyrrole nitrogens is 1. The Morgan fingerprint density at radius 1 is 1.50 bits per heavy atom. The molecule has 1 aromatic heterocycles. The fourth-order valence-corrected chi connectivity index (χ4v) is 1.59. The molecule has 100 valence electrons. The summed E-state index contributed by atoms with van der Waals surface area (Å²) < 4.78 is 0. The number of hydrogen-bond donors (Lipinski definition) is 3. The minimum absolute atomic E-state index is 0.0382. The van der Waals surface area contributed by atoms with Crippen molar-refractivity contribution in [3.05, 3.63) is 28.2 Å². The number of hydrogen-bond acceptors (Lipinski definition) is 4. The number of rotatable bonds is 4. The average Bonchev–Trinajstić information content (AvgIpc) is 2.28. The fraction of sp³-hybridized carbons (Fsp3) is 0.583. The minimum atomic E-state index is -0.333. The highest BCUT2D eigenvalue weighted by atomic mass is 16.2. The molecule has 0 aromatic carbocycles. The van der Waals surface area contributed by atoms with Crippen LogP contribution in [0.4, 0.5) is 0 Å². The van der Waals surface area contributed by atoms with E-state index in [-0.39, 0.29) is 28.6 Å². The van der Waals surface area contributed by atoms with Crippen molar-refractivity contribution in [2.45, 2.75) is 33.2 Å². The average molecular weight is 252 g/mol. The monoisotopic (exact) mass is 252 g/mol. The van der Waals surface area contributed by atoms with E-state index in [1.54, 1.807) is 0 Å².